The zero-order valence-corrected chi connectivity index (χ0v) is 15.1. The number of aromatic amines is 1. The van der Waals surface area contributed by atoms with Gasteiger partial charge in [-0.15, -0.1) is 0 Å². The van der Waals surface area contributed by atoms with Crippen LogP contribution in [0.5, 0.6) is 11.5 Å². The summed E-state index contributed by atoms with van der Waals surface area (Å²) >= 11 is 0. The molecule has 1 fully saturated rings. The predicted molar refractivity (Wildman–Crippen MR) is 102 cm³/mol. The molecule has 1 atom stereocenters. The van der Waals surface area contributed by atoms with Crippen LogP contribution < -0.4 is 4.74 Å². The molecule has 6 heteroatoms. The van der Waals surface area contributed by atoms with Crippen LogP contribution in [0.4, 0.5) is 0 Å². The topological polar surface area (TPSA) is 78.4 Å². The Hall–Kier alpha value is -3.28. The standard InChI is InChI=1S/C21H21N3O3/c1-27-20-11-15(7-8-18(20)16-12-22-23-13-16)21(26)24-9-3-6-19(24)14-4-2-5-17(25)10-14/h2,4-5,7-8,10-13,19,25H,3,6,9H2,1H3,(H,22,23). The lowest BCUT2D eigenvalue weighted by Gasteiger charge is -2.25. The fraction of sp³-hybridized carbons (Fsp3) is 0.238. The van der Waals surface area contributed by atoms with Crippen LogP contribution in [0, 0.1) is 0 Å². The molecular weight excluding hydrogens is 342 g/mol. The van der Waals surface area contributed by atoms with E-state index in [-0.39, 0.29) is 17.7 Å². The summed E-state index contributed by atoms with van der Waals surface area (Å²) in [4.78, 5) is 15.0. The average Bonchev–Trinajstić information content (AvgIpc) is 3.39. The summed E-state index contributed by atoms with van der Waals surface area (Å²) in [5.41, 5.74) is 3.34. The Bertz CT molecular complexity index is 953. The van der Waals surface area contributed by atoms with Crippen LogP contribution in [-0.2, 0) is 0 Å². The first kappa shape index (κ1) is 17.1. The van der Waals surface area contributed by atoms with Crippen LogP contribution >= 0.6 is 0 Å². The summed E-state index contributed by atoms with van der Waals surface area (Å²) in [5, 5.41) is 16.5. The van der Waals surface area contributed by atoms with E-state index in [0.29, 0.717) is 17.9 Å². The number of benzene rings is 2. The molecule has 1 aromatic heterocycles. The van der Waals surface area contributed by atoms with Gasteiger partial charge in [-0.2, -0.15) is 5.10 Å². The van der Waals surface area contributed by atoms with Crippen molar-refractivity contribution in [2.24, 2.45) is 0 Å². The molecule has 0 spiro atoms. The highest BCUT2D eigenvalue weighted by Crippen LogP contribution is 2.36. The van der Waals surface area contributed by atoms with Crippen molar-refractivity contribution in [1.82, 2.24) is 15.1 Å². The third kappa shape index (κ3) is 3.26. The number of nitrogens with one attached hydrogen (secondary N) is 1. The average molecular weight is 363 g/mol. The maximum absolute atomic E-state index is 13.2. The van der Waals surface area contributed by atoms with E-state index in [1.54, 1.807) is 37.7 Å². The number of carbonyl (C=O) groups excluding carboxylic acids is 1. The largest absolute Gasteiger partial charge is 0.508 e. The molecule has 4 rings (SSSR count). The highest BCUT2D eigenvalue weighted by molar-refractivity contribution is 5.96. The van der Waals surface area contributed by atoms with Crippen molar-refractivity contribution in [2.45, 2.75) is 18.9 Å². The van der Waals surface area contributed by atoms with E-state index >= 15 is 0 Å². The molecule has 1 amide bonds. The van der Waals surface area contributed by atoms with Crippen molar-refractivity contribution < 1.29 is 14.6 Å². The van der Waals surface area contributed by atoms with Crippen molar-refractivity contribution in [2.75, 3.05) is 13.7 Å². The van der Waals surface area contributed by atoms with Crippen LogP contribution in [0.15, 0.2) is 54.9 Å². The monoisotopic (exact) mass is 363 g/mol. The number of aromatic nitrogens is 2. The second-order valence-electron chi connectivity index (χ2n) is 6.65. The van der Waals surface area contributed by atoms with Crippen LogP contribution in [-0.4, -0.2) is 39.8 Å². The van der Waals surface area contributed by atoms with Gasteiger partial charge in [0.2, 0.25) is 0 Å². The van der Waals surface area contributed by atoms with E-state index in [1.165, 1.54) is 0 Å². The first-order valence-corrected chi connectivity index (χ1v) is 8.94. The Labute approximate surface area is 157 Å². The molecule has 2 N–H and O–H groups in total. The summed E-state index contributed by atoms with van der Waals surface area (Å²) < 4.78 is 5.50. The Morgan fingerprint density at radius 3 is 2.93 bits per heavy atom. The minimum Gasteiger partial charge on any atom is -0.508 e. The molecule has 27 heavy (non-hydrogen) atoms. The molecule has 0 radical (unpaired) electrons. The number of hydrogen-bond acceptors (Lipinski definition) is 4. The zero-order chi connectivity index (χ0) is 18.8. The molecule has 1 aliphatic heterocycles. The third-order valence-electron chi connectivity index (χ3n) is 5.03. The van der Waals surface area contributed by atoms with E-state index in [4.69, 9.17) is 4.74 Å². The molecule has 1 aliphatic rings. The highest BCUT2D eigenvalue weighted by Gasteiger charge is 2.31. The Balaban J connectivity index is 1.64. The number of phenols is 1. The number of H-pyrrole nitrogens is 1. The molecule has 138 valence electrons. The SMILES string of the molecule is COc1cc(C(=O)N2CCCC2c2cccc(O)c2)ccc1-c1cn[nH]c1. The van der Waals surface area contributed by atoms with E-state index < -0.39 is 0 Å². The van der Waals surface area contributed by atoms with E-state index in [1.807, 2.05) is 29.2 Å². The van der Waals surface area contributed by atoms with E-state index in [9.17, 15) is 9.90 Å². The van der Waals surface area contributed by atoms with Gasteiger partial charge in [0.1, 0.15) is 11.5 Å². The molecule has 2 heterocycles. The van der Waals surface area contributed by atoms with Crippen molar-refractivity contribution in [3.8, 4) is 22.6 Å². The number of rotatable bonds is 4. The molecule has 0 bridgehead atoms. The van der Waals surface area contributed by atoms with Gasteiger partial charge in [-0.25, -0.2) is 0 Å². The second-order valence-corrected chi connectivity index (χ2v) is 6.65. The van der Waals surface area contributed by atoms with Crippen molar-refractivity contribution in [3.05, 3.63) is 66.0 Å². The predicted octanol–water partition coefficient (Wildman–Crippen LogP) is 3.77. The molecule has 0 aliphatic carbocycles. The van der Waals surface area contributed by atoms with Gasteiger partial charge in [0.15, 0.2) is 0 Å². The Kier molecular flexibility index (Phi) is 4.54. The summed E-state index contributed by atoms with van der Waals surface area (Å²) in [5.74, 6) is 0.825. The number of ether oxygens (including phenoxy) is 1. The number of nitrogens with zero attached hydrogens (tertiary/aromatic N) is 2. The summed E-state index contributed by atoms with van der Waals surface area (Å²) in [6.07, 6.45) is 5.34. The number of methoxy groups -OCH3 is 1. The molecule has 2 aromatic carbocycles. The van der Waals surface area contributed by atoms with Crippen LogP contribution in [0.3, 0.4) is 0 Å². The molecule has 3 aromatic rings. The van der Waals surface area contributed by atoms with Gasteiger partial charge >= 0.3 is 0 Å². The molecule has 6 nitrogen and oxygen atoms in total. The number of carbonyl (C=O) groups is 1. The van der Waals surface area contributed by atoms with Crippen LogP contribution in [0.1, 0.15) is 34.8 Å². The van der Waals surface area contributed by atoms with Crippen LogP contribution in [0.25, 0.3) is 11.1 Å². The highest BCUT2D eigenvalue weighted by atomic mass is 16.5. The maximum Gasteiger partial charge on any atom is 0.254 e. The lowest BCUT2D eigenvalue weighted by molar-refractivity contribution is 0.0735. The molecule has 1 saturated heterocycles. The minimum absolute atomic E-state index is 0.0239. The van der Waals surface area contributed by atoms with Gasteiger partial charge in [0.25, 0.3) is 5.91 Å². The fourth-order valence-corrected chi connectivity index (χ4v) is 3.72. The number of phenolic OH excluding ortho intramolecular Hbond substituents is 1. The number of aromatic hydroxyl groups is 1. The second kappa shape index (κ2) is 7.15. The Morgan fingerprint density at radius 1 is 1.30 bits per heavy atom. The van der Waals surface area contributed by atoms with Crippen molar-refractivity contribution in [3.63, 3.8) is 0 Å². The number of amides is 1. The lowest BCUT2D eigenvalue weighted by atomic mass is 10.0. The fourth-order valence-electron chi connectivity index (χ4n) is 3.72. The van der Waals surface area contributed by atoms with Gasteiger partial charge in [-0.05, 0) is 48.7 Å². The number of hydrogen-bond donors (Lipinski definition) is 2. The first-order chi connectivity index (χ1) is 13.2. The zero-order valence-electron chi connectivity index (χ0n) is 15.1. The summed E-state index contributed by atoms with van der Waals surface area (Å²) in [7, 11) is 1.60. The van der Waals surface area contributed by atoms with Crippen molar-refractivity contribution in [1.29, 1.82) is 0 Å². The van der Waals surface area contributed by atoms with Gasteiger partial charge < -0.3 is 14.7 Å². The maximum atomic E-state index is 13.2. The van der Waals surface area contributed by atoms with Gasteiger partial charge in [0, 0.05) is 29.4 Å². The van der Waals surface area contributed by atoms with Gasteiger partial charge in [-0.3, -0.25) is 9.89 Å². The third-order valence-corrected chi connectivity index (χ3v) is 5.03. The Morgan fingerprint density at radius 2 is 2.19 bits per heavy atom. The molecule has 0 saturated carbocycles. The smallest absolute Gasteiger partial charge is 0.254 e. The summed E-state index contributed by atoms with van der Waals surface area (Å²) in [6, 6.07) is 12.6. The first-order valence-electron chi connectivity index (χ1n) is 8.94. The van der Waals surface area contributed by atoms with E-state index in [0.717, 1.165) is 29.5 Å². The molecule has 1 unspecified atom stereocenters. The molecular formula is C21H21N3O3. The summed E-state index contributed by atoms with van der Waals surface area (Å²) in [6.45, 7) is 0.699. The quantitative estimate of drug-likeness (QED) is 0.740. The normalized spacial score (nSPS) is 16.5. The van der Waals surface area contributed by atoms with E-state index in [2.05, 4.69) is 10.2 Å². The van der Waals surface area contributed by atoms with Gasteiger partial charge in [0.05, 0.1) is 19.3 Å². The van der Waals surface area contributed by atoms with Crippen molar-refractivity contribution >= 4 is 5.91 Å². The lowest BCUT2D eigenvalue weighted by Crippen LogP contribution is -2.30. The van der Waals surface area contributed by atoms with Gasteiger partial charge in [-0.1, -0.05) is 12.1 Å². The van der Waals surface area contributed by atoms with Crippen LogP contribution in [0.2, 0.25) is 0 Å². The minimum atomic E-state index is -0.0297. The number of likely N-dealkylation sites (tertiary alicyclic amines) is 1.